The number of nitrogens with one attached hydrogen (secondary N) is 3. The molecule has 34 heavy (non-hydrogen) atoms. The van der Waals surface area contributed by atoms with Gasteiger partial charge in [0, 0.05) is 44.6 Å². The molecule has 3 rings (SSSR count). The number of hydrogen-bond donors (Lipinski definition) is 3. The van der Waals surface area contributed by atoms with E-state index in [9.17, 15) is 4.79 Å². The van der Waals surface area contributed by atoms with E-state index in [1.54, 1.807) is 7.05 Å². The van der Waals surface area contributed by atoms with Gasteiger partial charge in [-0.05, 0) is 49.4 Å². The molecule has 7 nitrogen and oxygen atoms in total. The van der Waals surface area contributed by atoms with Gasteiger partial charge in [0.15, 0.2) is 5.96 Å². The maximum absolute atomic E-state index is 11.8. The Morgan fingerprint density at radius 2 is 1.82 bits per heavy atom. The molecule has 0 spiro atoms. The topological polar surface area (TPSA) is 83.3 Å². The van der Waals surface area contributed by atoms with Crippen LogP contribution in [0.1, 0.15) is 40.7 Å². The second-order valence-electron chi connectivity index (χ2n) is 7.78. The minimum absolute atomic E-state index is 0. The maximum Gasteiger partial charge on any atom is 0.251 e. The van der Waals surface area contributed by atoms with Gasteiger partial charge >= 0.3 is 0 Å². The van der Waals surface area contributed by atoms with Gasteiger partial charge < -0.3 is 20.5 Å². The molecule has 1 heterocycles. The number of amides is 1. The minimum atomic E-state index is -0.0704. The minimum Gasteiger partial charge on any atom is -0.357 e. The van der Waals surface area contributed by atoms with Crippen LogP contribution in [0.2, 0.25) is 0 Å². The summed E-state index contributed by atoms with van der Waals surface area (Å²) in [7, 11) is 1.64. The number of rotatable bonds is 11. The third-order valence-electron chi connectivity index (χ3n) is 5.35. The molecule has 0 atom stereocenters. The van der Waals surface area contributed by atoms with Crippen molar-refractivity contribution < 1.29 is 4.79 Å². The summed E-state index contributed by atoms with van der Waals surface area (Å²) < 4.78 is 2.18. The Morgan fingerprint density at radius 1 is 1.03 bits per heavy atom. The summed E-state index contributed by atoms with van der Waals surface area (Å²) in [5.41, 5.74) is 3.14. The highest BCUT2D eigenvalue weighted by atomic mass is 127. The molecule has 3 aromatic rings. The van der Waals surface area contributed by atoms with Gasteiger partial charge in [0.05, 0.1) is 0 Å². The number of benzene rings is 2. The van der Waals surface area contributed by atoms with Crippen molar-refractivity contribution in [3.8, 4) is 0 Å². The first-order valence-electron chi connectivity index (χ1n) is 11.6. The van der Waals surface area contributed by atoms with E-state index in [-0.39, 0.29) is 29.9 Å². The van der Waals surface area contributed by atoms with E-state index < -0.39 is 0 Å². The van der Waals surface area contributed by atoms with Crippen molar-refractivity contribution in [1.29, 1.82) is 0 Å². The average Bonchev–Trinajstić information content (AvgIpc) is 3.30. The molecule has 0 saturated heterocycles. The number of aryl methyl sites for hydroxylation is 2. The molecule has 0 aliphatic rings. The summed E-state index contributed by atoms with van der Waals surface area (Å²) in [5, 5.41) is 9.34. The summed E-state index contributed by atoms with van der Waals surface area (Å²) in [5.74, 6) is 1.65. The van der Waals surface area contributed by atoms with Crippen LogP contribution >= 0.6 is 24.0 Å². The van der Waals surface area contributed by atoms with Crippen LogP contribution in [0, 0.1) is 0 Å². The standard InChI is InChI=1S/C26H34N6O.HI/c1-3-28-26(30-15-14-22-11-7-13-23(19-22)25(33)27-2)31-20-24-29-16-18-32(24)17-8-12-21-9-5-4-6-10-21;/h4-7,9-11,13,16,18-19H,3,8,12,14-15,17,20H2,1-2H3,(H,27,33)(H2,28,30,31);1H. The Kier molecular flexibility index (Phi) is 12.2. The van der Waals surface area contributed by atoms with Crippen molar-refractivity contribution in [3.05, 3.63) is 89.5 Å². The molecule has 1 amide bonds. The van der Waals surface area contributed by atoms with Crippen LogP contribution in [-0.4, -0.2) is 41.6 Å². The smallest absolute Gasteiger partial charge is 0.251 e. The van der Waals surface area contributed by atoms with Crippen LogP contribution in [0.15, 0.2) is 72.0 Å². The SMILES string of the molecule is CCNC(=NCc1nccn1CCCc1ccccc1)NCCc1cccc(C(=O)NC)c1.I. The Morgan fingerprint density at radius 3 is 2.59 bits per heavy atom. The third-order valence-corrected chi connectivity index (χ3v) is 5.35. The zero-order valence-corrected chi connectivity index (χ0v) is 22.3. The number of nitrogens with zero attached hydrogens (tertiary/aromatic N) is 3. The number of guanidine groups is 1. The van der Waals surface area contributed by atoms with Crippen molar-refractivity contribution in [2.24, 2.45) is 4.99 Å². The second-order valence-corrected chi connectivity index (χ2v) is 7.78. The molecular formula is C26H35IN6O. The molecular weight excluding hydrogens is 539 g/mol. The lowest BCUT2D eigenvalue weighted by Crippen LogP contribution is -2.38. The normalized spacial score (nSPS) is 10.9. The molecule has 0 bridgehead atoms. The van der Waals surface area contributed by atoms with E-state index in [4.69, 9.17) is 4.99 Å². The first-order valence-corrected chi connectivity index (χ1v) is 11.6. The van der Waals surface area contributed by atoms with Crippen LogP contribution in [0.3, 0.4) is 0 Å². The van der Waals surface area contributed by atoms with E-state index in [2.05, 4.69) is 56.7 Å². The quantitative estimate of drug-likeness (QED) is 0.185. The largest absolute Gasteiger partial charge is 0.357 e. The van der Waals surface area contributed by atoms with Crippen molar-refractivity contribution in [2.75, 3.05) is 20.1 Å². The number of imidazole rings is 1. The number of halogens is 1. The molecule has 0 unspecified atom stereocenters. The molecule has 1 aromatic heterocycles. The summed E-state index contributed by atoms with van der Waals surface area (Å²) in [6.45, 7) is 4.98. The van der Waals surface area contributed by atoms with Crippen LogP contribution in [0.5, 0.6) is 0 Å². The Balaban J connectivity index is 0.00000408. The van der Waals surface area contributed by atoms with Crippen molar-refractivity contribution in [1.82, 2.24) is 25.5 Å². The first kappa shape index (κ1) is 27.4. The number of hydrogen-bond acceptors (Lipinski definition) is 3. The Hall–Kier alpha value is -2.88. The van der Waals surface area contributed by atoms with Gasteiger partial charge in [-0.15, -0.1) is 24.0 Å². The van der Waals surface area contributed by atoms with Crippen LogP contribution in [0.25, 0.3) is 0 Å². The molecule has 3 N–H and O–H groups in total. The number of carbonyl (C=O) groups is 1. The average molecular weight is 575 g/mol. The van der Waals surface area contributed by atoms with Gasteiger partial charge in [0.25, 0.3) is 5.91 Å². The van der Waals surface area contributed by atoms with Gasteiger partial charge in [-0.25, -0.2) is 9.98 Å². The zero-order chi connectivity index (χ0) is 23.3. The highest BCUT2D eigenvalue weighted by Gasteiger charge is 2.06. The van der Waals surface area contributed by atoms with Crippen molar-refractivity contribution >= 4 is 35.8 Å². The fourth-order valence-corrected chi connectivity index (χ4v) is 3.62. The van der Waals surface area contributed by atoms with Gasteiger partial charge in [-0.3, -0.25) is 4.79 Å². The number of aromatic nitrogens is 2. The van der Waals surface area contributed by atoms with Crippen molar-refractivity contribution in [3.63, 3.8) is 0 Å². The Bertz CT molecular complexity index is 1030. The molecule has 0 aliphatic heterocycles. The van der Waals surface area contributed by atoms with E-state index in [1.165, 1.54) is 5.56 Å². The van der Waals surface area contributed by atoms with Crippen LogP contribution in [-0.2, 0) is 25.9 Å². The molecule has 0 aliphatic carbocycles. The number of carbonyl (C=O) groups excluding carboxylic acids is 1. The fraction of sp³-hybridized carbons (Fsp3) is 0.346. The molecule has 8 heteroatoms. The van der Waals surface area contributed by atoms with Crippen LogP contribution in [0.4, 0.5) is 0 Å². The van der Waals surface area contributed by atoms with Gasteiger partial charge in [0.2, 0.25) is 0 Å². The lowest BCUT2D eigenvalue weighted by atomic mass is 10.1. The zero-order valence-electron chi connectivity index (χ0n) is 20.0. The molecule has 2 aromatic carbocycles. The van der Waals surface area contributed by atoms with Gasteiger partial charge in [0.1, 0.15) is 12.4 Å². The summed E-state index contributed by atoms with van der Waals surface area (Å²) in [4.78, 5) is 21.1. The molecule has 0 saturated carbocycles. The van der Waals surface area contributed by atoms with E-state index in [1.807, 2.05) is 42.7 Å². The summed E-state index contributed by atoms with van der Waals surface area (Å²) in [6, 6.07) is 18.3. The molecule has 0 radical (unpaired) electrons. The number of aliphatic imine (C=N–C) groups is 1. The molecule has 182 valence electrons. The maximum atomic E-state index is 11.8. The first-order chi connectivity index (χ1) is 16.2. The van der Waals surface area contributed by atoms with E-state index in [0.29, 0.717) is 18.7 Å². The summed E-state index contributed by atoms with van der Waals surface area (Å²) in [6.07, 6.45) is 6.77. The second kappa shape index (κ2) is 15.1. The lowest BCUT2D eigenvalue weighted by Gasteiger charge is -2.12. The predicted molar refractivity (Wildman–Crippen MR) is 149 cm³/mol. The van der Waals surface area contributed by atoms with E-state index in [0.717, 1.165) is 49.7 Å². The van der Waals surface area contributed by atoms with Gasteiger partial charge in [-0.1, -0.05) is 42.5 Å². The van der Waals surface area contributed by atoms with Gasteiger partial charge in [-0.2, -0.15) is 0 Å². The fourth-order valence-electron chi connectivity index (χ4n) is 3.62. The lowest BCUT2D eigenvalue weighted by molar-refractivity contribution is 0.0963. The monoisotopic (exact) mass is 574 g/mol. The van der Waals surface area contributed by atoms with Crippen LogP contribution < -0.4 is 16.0 Å². The molecule has 0 fully saturated rings. The highest BCUT2D eigenvalue weighted by molar-refractivity contribution is 14.0. The third kappa shape index (κ3) is 8.81. The van der Waals surface area contributed by atoms with Crippen molar-refractivity contribution in [2.45, 2.75) is 39.3 Å². The van der Waals surface area contributed by atoms with E-state index >= 15 is 0 Å². The predicted octanol–water partition coefficient (Wildman–Crippen LogP) is 3.79. The Labute approximate surface area is 219 Å². The highest BCUT2D eigenvalue weighted by Crippen LogP contribution is 2.07. The summed E-state index contributed by atoms with van der Waals surface area (Å²) >= 11 is 0.